The Labute approximate surface area is 342 Å². The van der Waals surface area contributed by atoms with E-state index in [1.165, 1.54) is 57.8 Å². The number of unbranched alkanes of at least 4 members (excludes halogenated alkanes) is 17. The topological polar surface area (TPSA) is 175 Å². The lowest BCUT2D eigenvalue weighted by atomic mass is 9.94. The van der Waals surface area contributed by atoms with Crippen LogP contribution in [0, 0.1) is 11.8 Å². The standard InChI is InChI=1S/C45H87N5O6/c1-5-9-13-16-19-24-31-39(30-23-15-11-7-3)44(54)55-36-26-21-18-17-20-25-34-48-42(52)40(33-35-49-45(46)47)50-41(51)32-27-37-56-43(53)38(28-12-8-4)29-22-14-10-6-2/h38-40H,5-37H2,1-4H3,(H,48,52)(H,50,51)(H4,46,47,49)/t38?,39?,40-/m0/s1. The van der Waals surface area contributed by atoms with Crippen molar-refractivity contribution in [1.82, 2.24) is 10.6 Å². The van der Waals surface area contributed by atoms with Gasteiger partial charge in [0.05, 0.1) is 25.0 Å². The Kier molecular flexibility index (Phi) is 37.0. The number of carbonyl (C=O) groups excluding carboxylic acids is 4. The lowest BCUT2D eigenvalue weighted by molar-refractivity contribution is -0.150. The zero-order valence-electron chi connectivity index (χ0n) is 36.6. The summed E-state index contributed by atoms with van der Waals surface area (Å²) < 4.78 is 11.3. The maximum atomic E-state index is 13.0. The van der Waals surface area contributed by atoms with Gasteiger partial charge in [-0.05, 0) is 51.4 Å². The lowest BCUT2D eigenvalue weighted by Gasteiger charge is -2.18. The summed E-state index contributed by atoms with van der Waals surface area (Å²) in [5, 5.41) is 5.77. The molecule has 11 heteroatoms. The molecule has 0 rings (SSSR count). The quantitative estimate of drug-likeness (QED) is 0.0205. The maximum absolute atomic E-state index is 13.0. The normalized spacial score (nSPS) is 12.7. The molecule has 6 N–H and O–H groups in total. The number of amides is 2. The number of guanidine groups is 1. The molecule has 0 aromatic heterocycles. The first-order chi connectivity index (χ1) is 27.2. The number of hydrogen-bond acceptors (Lipinski definition) is 7. The molecule has 328 valence electrons. The number of hydrogen-bond donors (Lipinski definition) is 4. The number of nitrogens with two attached hydrogens (primary N) is 2. The van der Waals surface area contributed by atoms with Crippen LogP contribution in [0.2, 0.25) is 0 Å². The molecule has 0 aliphatic rings. The molecule has 0 spiro atoms. The summed E-state index contributed by atoms with van der Waals surface area (Å²) in [6, 6.07) is -0.765. The molecule has 56 heavy (non-hydrogen) atoms. The van der Waals surface area contributed by atoms with E-state index in [4.69, 9.17) is 20.9 Å². The Balaban J connectivity index is 4.47. The van der Waals surface area contributed by atoms with Gasteiger partial charge in [-0.2, -0.15) is 0 Å². The molecule has 0 saturated carbocycles. The van der Waals surface area contributed by atoms with Gasteiger partial charge in [0.2, 0.25) is 11.8 Å². The smallest absolute Gasteiger partial charge is 0.308 e. The SMILES string of the molecule is CCCCCCCCC(CCCCCC)C(=O)OCCCCCCCCNC(=O)[C@H](CCN=C(N)N)NC(=O)CCCOC(=O)C(CCCC)CCCCCC. The third-order valence-electron chi connectivity index (χ3n) is 10.6. The van der Waals surface area contributed by atoms with Gasteiger partial charge in [0.15, 0.2) is 5.96 Å². The number of ether oxygens (including phenoxy) is 2. The summed E-state index contributed by atoms with van der Waals surface area (Å²) >= 11 is 0. The zero-order valence-corrected chi connectivity index (χ0v) is 36.6. The van der Waals surface area contributed by atoms with E-state index < -0.39 is 6.04 Å². The minimum Gasteiger partial charge on any atom is -0.465 e. The van der Waals surface area contributed by atoms with Gasteiger partial charge in [0.25, 0.3) is 0 Å². The molecule has 3 atom stereocenters. The molecular weight excluding hydrogens is 707 g/mol. The van der Waals surface area contributed by atoms with Gasteiger partial charge in [0.1, 0.15) is 6.04 Å². The van der Waals surface area contributed by atoms with Crippen molar-refractivity contribution in [2.45, 2.75) is 220 Å². The molecule has 0 bridgehead atoms. The maximum Gasteiger partial charge on any atom is 0.308 e. The molecule has 0 saturated heterocycles. The van der Waals surface area contributed by atoms with Crippen LogP contribution in [0.1, 0.15) is 214 Å². The molecule has 0 radical (unpaired) electrons. The Morgan fingerprint density at radius 1 is 0.518 bits per heavy atom. The van der Waals surface area contributed by atoms with Crippen LogP contribution in [-0.2, 0) is 28.7 Å². The Morgan fingerprint density at radius 3 is 1.46 bits per heavy atom. The molecule has 0 aliphatic heterocycles. The van der Waals surface area contributed by atoms with Crippen LogP contribution >= 0.6 is 0 Å². The fourth-order valence-corrected chi connectivity index (χ4v) is 6.96. The fourth-order valence-electron chi connectivity index (χ4n) is 6.96. The molecular formula is C45H87N5O6. The van der Waals surface area contributed by atoms with E-state index in [0.29, 0.717) is 19.6 Å². The third kappa shape index (κ3) is 32.3. The number of nitrogens with zero attached hydrogens (tertiary/aromatic N) is 1. The zero-order chi connectivity index (χ0) is 41.5. The second-order valence-corrected chi connectivity index (χ2v) is 15.9. The van der Waals surface area contributed by atoms with Crippen molar-refractivity contribution in [3.05, 3.63) is 0 Å². The first-order valence-corrected chi connectivity index (χ1v) is 23.2. The third-order valence-corrected chi connectivity index (χ3v) is 10.6. The molecule has 2 unspecified atom stereocenters. The van der Waals surface area contributed by atoms with Gasteiger partial charge >= 0.3 is 11.9 Å². The minimum absolute atomic E-state index is 0.00115. The van der Waals surface area contributed by atoms with E-state index in [9.17, 15) is 19.2 Å². The van der Waals surface area contributed by atoms with Gasteiger partial charge in [-0.3, -0.25) is 24.2 Å². The van der Waals surface area contributed by atoms with Crippen molar-refractivity contribution in [3.63, 3.8) is 0 Å². The minimum atomic E-state index is -0.765. The van der Waals surface area contributed by atoms with E-state index >= 15 is 0 Å². The van der Waals surface area contributed by atoms with Gasteiger partial charge in [-0.15, -0.1) is 0 Å². The van der Waals surface area contributed by atoms with Crippen LogP contribution < -0.4 is 22.1 Å². The van der Waals surface area contributed by atoms with E-state index in [1.807, 2.05) is 0 Å². The van der Waals surface area contributed by atoms with Crippen LogP contribution in [-0.4, -0.2) is 62.1 Å². The van der Waals surface area contributed by atoms with Crippen LogP contribution in [0.25, 0.3) is 0 Å². The highest BCUT2D eigenvalue weighted by atomic mass is 16.5. The summed E-state index contributed by atoms with van der Waals surface area (Å²) in [6.07, 6.45) is 28.9. The lowest BCUT2D eigenvalue weighted by Crippen LogP contribution is -2.47. The van der Waals surface area contributed by atoms with Crippen LogP contribution in [0.4, 0.5) is 0 Å². The molecule has 11 nitrogen and oxygen atoms in total. The Morgan fingerprint density at radius 2 is 0.946 bits per heavy atom. The number of aliphatic imine (C=N–C) groups is 1. The fraction of sp³-hybridized carbons (Fsp3) is 0.889. The number of rotatable bonds is 40. The van der Waals surface area contributed by atoms with E-state index in [1.54, 1.807) is 0 Å². The molecule has 0 aromatic rings. The molecule has 0 aliphatic carbocycles. The van der Waals surface area contributed by atoms with Crippen LogP contribution in [0.15, 0.2) is 4.99 Å². The number of carbonyl (C=O) groups is 4. The van der Waals surface area contributed by atoms with Crippen LogP contribution in [0.5, 0.6) is 0 Å². The highest BCUT2D eigenvalue weighted by Crippen LogP contribution is 2.21. The van der Waals surface area contributed by atoms with E-state index in [-0.39, 0.29) is 67.5 Å². The van der Waals surface area contributed by atoms with Gasteiger partial charge in [-0.25, -0.2) is 0 Å². The monoisotopic (exact) mass is 794 g/mol. The summed E-state index contributed by atoms with van der Waals surface area (Å²) in [6.45, 7) is 10.1. The number of nitrogens with one attached hydrogen (secondary N) is 2. The predicted molar refractivity (Wildman–Crippen MR) is 231 cm³/mol. The van der Waals surface area contributed by atoms with Crippen molar-refractivity contribution in [2.24, 2.45) is 28.3 Å². The summed E-state index contributed by atoms with van der Waals surface area (Å²) in [4.78, 5) is 55.4. The average Bonchev–Trinajstić information content (AvgIpc) is 3.18. The van der Waals surface area contributed by atoms with Crippen molar-refractivity contribution >= 4 is 29.7 Å². The molecule has 0 fully saturated rings. The van der Waals surface area contributed by atoms with E-state index in [0.717, 1.165) is 109 Å². The predicted octanol–water partition coefficient (Wildman–Crippen LogP) is 9.57. The first kappa shape index (κ1) is 53.1. The molecule has 0 heterocycles. The van der Waals surface area contributed by atoms with Crippen molar-refractivity contribution in [2.75, 3.05) is 26.3 Å². The molecule has 0 aromatic carbocycles. The van der Waals surface area contributed by atoms with Crippen molar-refractivity contribution in [3.8, 4) is 0 Å². The first-order valence-electron chi connectivity index (χ1n) is 23.2. The van der Waals surface area contributed by atoms with Crippen LogP contribution in [0.3, 0.4) is 0 Å². The number of esters is 2. The highest BCUT2D eigenvalue weighted by molar-refractivity contribution is 5.87. The van der Waals surface area contributed by atoms with Crippen molar-refractivity contribution in [1.29, 1.82) is 0 Å². The second-order valence-electron chi connectivity index (χ2n) is 15.9. The average molecular weight is 794 g/mol. The largest absolute Gasteiger partial charge is 0.465 e. The van der Waals surface area contributed by atoms with Gasteiger partial charge in [-0.1, -0.05) is 156 Å². The summed E-state index contributed by atoms with van der Waals surface area (Å²) in [7, 11) is 0. The molecule has 2 amide bonds. The van der Waals surface area contributed by atoms with Gasteiger partial charge in [0, 0.05) is 19.5 Å². The summed E-state index contributed by atoms with van der Waals surface area (Å²) in [5.41, 5.74) is 10.9. The van der Waals surface area contributed by atoms with Crippen molar-refractivity contribution < 1.29 is 28.7 Å². The summed E-state index contributed by atoms with van der Waals surface area (Å²) in [5.74, 6) is -0.813. The van der Waals surface area contributed by atoms with Gasteiger partial charge < -0.3 is 31.6 Å². The van der Waals surface area contributed by atoms with E-state index in [2.05, 4.69) is 43.3 Å². The Hall–Kier alpha value is -2.85. The Bertz CT molecular complexity index is 1010. The second kappa shape index (κ2) is 39.0. The highest BCUT2D eigenvalue weighted by Gasteiger charge is 2.22.